The van der Waals surface area contributed by atoms with Crippen molar-refractivity contribution in [1.82, 2.24) is 5.32 Å². The first-order valence-electron chi connectivity index (χ1n) is 7.11. The minimum atomic E-state index is -4.70. The standard InChI is InChI=1S/C15H14Cl2F3NO3/c16-9-3-2-8(6-10(9)17)14(4-1-5-14)13(24)21-11(12(22)23)7-15(18,19)20/h2-3,6,11H,1,4-5,7H2,(H,21,24)(H,22,23). The second-order valence-electron chi connectivity index (χ2n) is 5.75. The molecule has 1 saturated carbocycles. The first-order chi connectivity index (χ1) is 11.0. The van der Waals surface area contributed by atoms with Crippen LogP contribution in [0.25, 0.3) is 0 Å². The fourth-order valence-corrected chi connectivity index (χ4v) is 3.00. The van der Waals surface area contributed by atoms with Gasteiger partial charge in [0.25, 0.3) is 0 Å². The molecule has 1 atom stereocenters. The Balaban J connectivity index is 2.24. The number of hydrogen-bond acceptors (Lipinski definition) is 2. The lowest BCUT2D eigenvalue weighted by atomic mass is 9.63. The lowest BCUT2D eigenvalue weighted by molar-refractivity contribution is -0.161. The van der Waals surface area contributed by atoms with E-state index in [1.54, 1.807) is 6.07 Å². The predicted molar refractivity (Wildman–Crippen MR) is 82.2 cm³/mol. The number of carbonyl (C=O) groups excluding carboxylic acids is 1. The number of carbonyl (C=O) groups is 2. The van der Waals surface area contributed by atoms with Gasteiger partial charge < -0.3 is 10.4 Å². The molecule has 0 aromatic heterocycles. The molecule has 0 spiro atoms. The summed E-state index contributed by atoms with van der Waals surface area (Å²) in [6.45, 7) is 0. The Morgan fingerprint density at radius 1 is 1.25 bits per heavy atom. The quantitative estimate of drug-likeness (QED) is 0.809. The van der Waals surface area contributed by atoms with E-state index < -0.39 is 35.9 Å². The van der Waals surface area contributed by atoms with Crippen molar-refractivity contribution in [2.24, 2.45) is 0 Å². The van der Waals surface area contributed by atoms with Crippen molar-refractivity contribution in [3.05, 3.63) is 33.8 Å². The van der Waals surface area contributed by atoms with Gasteiger partial charge in [-0.05, 0) is 30.5 Å². The van der Waals surface area contributed by atoms with E-state index in [9.17, 15) is 22.8 Å². The summed E-state index contributed by atoms with van der Waals surface area (Å²) in [5, 5.41) is 11.5. The second kappa shape index (κ2) is 6.80. The summed E-state index contributed by atoms with van der Waals surface area (Å²) in [7, 11) is 0. The maximum absolute atomic E-state index is 12.5. The summed E-state index contributed by atoms with van der Waals surface area (Å²) in [6.07, 6.45) is -4.84. The fraction of sp³-hybridized carbons (Fsp3) is 0.467. The zero-order chi connectivity index (χ0) is 18.1. The molecule has 0 saturated heterocycles. The van der Waals surface area contributed by atoms with Crippen molar-refractivity contribution in [2.75, 3.05) is 0 Å². The molecule has 1 fully saturated rings. The Kier molecular flexibility index (Phi) is 5.34. The van der Waals surface area contributed by atoms with E-state index in [1.807, 2.05) is 5.32 Å². The zero-order valence-electron chi connectivity index (χ0n) is 12.3. The molecule has 0 bridgehead atoms. The van der Waals surface area contributed by atoms with Gasteiger partial charge in [-0.25, -0.2) is 4.79 Å². The van der Waals surface area contributed by atoms with Gasteiger partial charge in [0, 0.05) is 0 Å². The zero-order valence-corrected chi connectivity index (χ0v) is 13.8. The van der Waals surface area contributed by atoms with Crippen LogP contribution >= 0.6 is 23.2 Å². The van der Waals surface area contributed by atoms with Gasteiger partial charge in [0.05, 0.1) is 21.9 Å². The van der Waals surface area contributed by atoms with Gasteiger partial charge in [-0.15, -0.1) is 0 Å². The molecule has 2 N–H and O–H groups in total. The molecule has 2 rings (SSSR count). The van der Waals surface area contributed by atoms with Gasteiger partial charge in [-0.3, -0.25) is 4.79 Å². The first-order valence-corrected chi connectivity index (χ1v) is 7.87. The number of carboxylic acid groups (broad SMARTS) is 1. The monoisotopic (exact) mass is 383 g/mol. The summed E-state index contributed by atoms with van der Waals surface area (Å²) in [5.41, 5.74) is -0.565. The van der Waals surface area contributed by atoms with E-state index >= 15 is 0 Å². The van der Waals surface area contributed by atoms with Crippen LogP contribution in [0.5, 0.6) is 0 Å². The van der Waals surface area contributed by atoms with Crippen LogP contribution in [0, 0.1) is 0 Å². The average molecular weight is 384 g/mol. The number of alkyl halides is 3. The highest BCUT2D eigenvalue weighted by Crippen LogP contribution is 2.45. The lowest BCUT2D eigenvalue weighted by Crippen LogP contribution is -2.54. The molecule has 132 valence electrons. The molecule has 24 heavy (non-hydrogen) atoms. The number of hydrogen-bond donors (Lipinski definition) is 2. The molecule has 1 aliphatic rings. The fourth-order valence-electron chi connectivity index (χ4n) is 2.70. The normalized spacial score (nSPS) is 17.7. The van der Waals surface area contributed by atoms with Crippen molar-refractivity contribution < 1.29 is 27.9 Å². The van der Waals surface area contributed by atoms with Crippen LogP contribution in [-0.4, -0.2) is 29.2 Å². The van der Waals surface area contributed by atoms with Gasteiger partial charge in [0.1, 0.15) is 6.04 Å². The van der Waals surface area contributed by atoms with E-state index in [-0.39, 0.29) is 10.0 Å². The van der Waals surface area contributed by atoms with E-state index in [0.717, 1.165) is 0 Å². The Morgan fingerprint density at radius 3 is 2.29 bits per heavy atom. The van der Waals surface area contributed by atoms with Crippen LogP contribution in [0.2, 0.25) is 10.0 Å². The highest BCUT2D eigenvalue weighted by molar-refractivity contribution is 6.42. The summed E-state index contributed by atoms with van der Waals surface area (Å²) >= 11 is 11.8. The Bertz CT molecular complexity index is 660. The van der Waals surface area contributed by atoms with E-state index in [1.165, 1.54) is 12.1 Å². The van der Waals surface area contributed by atoms with E-state index in [4.69, 9.17) is 28.3 Å². The molecule has 1 aromatic rings. The van der Waals surface area contributed by atoms with Gasteiger partial charge in [0.2, 0.25) is 5.91 Å². The van der Waals surface area contributed by atoms with Crippen molar-refractivity contribution in [1.29, 1.82) is 0 Å². The Labute approximate surface area is 145 Å². The van der Waals surface area contributed by atoms with E-state index in [2.05, 4.69) is 0 Å². The topological polar surface area (TPSA) is 66.4 Å². The summed E-state index contributed by atoms with van der Waals surface area (Å²) in [4.78, 5) is 23.6. The van der Waals surface area contributed by atoms with Crippen molar-refractivity contribution >= 4 is 35.1 Å². The number of amides is 1. The molecule has 9 heteroatoms. The molecule has 1 aromatic carbocycles. The molecule has 0 heterocycles. The Hall–Kier alpha value is -1.47. The van der Waals surface area contributed by atoms with Crippen molar-refractivity contribution in [3.8, 4) is 0 Å². The molecule has 1 aliphatic carbocycles. The smallest absolute Gasteiger partial charge is 0.391 e. The maximum Gasteiger partial charge on any atom is 0.391 e. The molecule has 1 amide bonds. The lowest BCUT2D eigenvalue weighted by Gasteiger charge is -2.41. The maximum atomic E-state index is 12.5. The minimum absolute atomic E-state index is 0.221. The van der Waals surface area contributed by atoms with Crippen LogP contribution in [0.4, 0.5) is 13.2 Å². The first kappa shape index (κ1) is 18.9. The largest absolute Gasteiger partial charge is 0.480 e. The molecule has 0 radical (unpaired) electrons. The van der Waals surface area contributed by atoms with Crippen LogP contribution in [0.15, 0.2) is 18.2 Å². The van der Waals surface area contributed by atoms with Crippen molar-refractivity contribution in [3.63, 3.8) is 0 Å². The van der Waals surface area contributed by atoms with Crippen LogP contribution in [-0.2, 0) is 15.0 Å². The number of rotatable bonds is 5. The SMILES string of the molecule is O=C(O)C(CC(F)(F)F)NC(=O)C1(c2ccc(Cl)c(Cl)c2)CCC1. The molecule has 0 aliphatic heterocycles. The van der Waals surface area contributed by atoms with Crippen LogP contribution in [0.3, 0.4) is 0 Å². The Morgan fingerprint density at radius 2 is 1.88 bits per heavy atom. The van der Waals surface area contributed by atoms with Crippen LogP contribution in [0.1, 0.15) is 31.2 Å². The minimum Gasteiger partial charge on any atom is -0.480 e. The second-order valence-corrected chi connectivity index (χ2v) is 6.56. The third-order valence-corrected chi connectivity index (χ3v) is 4.89. The van der Waals surface area contributed by atoms with Crippen molar-refractivity contribution in [2.45, 2.75) is 43.3 Å². The number of aliphatic carboxylic acids is 1. The van der Waals surface area contributed by atoms with Gasteiger partial charge in [-0.1, -0.05) is 35.7 Å². The molecule has 4 nitrogen and oxygen atoms in total. The van der Waals surface area contributed by atoms with Crippen LogP contribution < -0.4 is 5.32 Å². The van der Waals surface area contributed by atoms with Gasteiger partial charge >= 0.3 is 12.1 Å². The van der Waals surface area contributed by atoms with Gasteiger partial charge in [0.15, 0.2) is 0 Å². The summed E-state index contributed by atoms with van der Waals surface area (Å²) < 4.78 is 37.4. The number of halogens is 5. The van der Waals surface area contributed by atoms with Gasteiger partial charge in [-0.2, -0.15) is 13.2 Å². The highest BCUT2D eigenvalue weighted by atomic mass is 35.5. The average Bonchev–Trinajstić information content (AvgIpc) is 2.39. The molecule has 1 unspecified atom stereocenters. The highest BCUT2D eigenvalue weighted by Gasteiger charge is 2.47. The third-order valence-electron chi connectivity index (χ3n) is 4.15. The number of carboxylic acids is 1. The van der Waals surface area contributed by atoms with E-state index in [0.29, 0.717) is 24.8 Å². The third kappa shape index (κ3) is 3.95. The number of benzene rings is 1. The predicted octanol–water partition coefficient (Wildman–Crippen LogP) is 3.94. The number of nitrogens with one attached hydrogen (secondary N) is 1. The molecular weight excluding hydrogens is 370 g/mol. The summed E-state index contributed by atoms with van der Waals surface area (Å²) in [5.74, 6) is -2.48. The molecular formula is C15H14Cl2F3NO3. The summed E-state index contributed by atoms with van der Waals surface area (Å²) in [6, 6.07) is 2.53.